The Morgan fingerprint density at radius 3 is 2.64 bits per heavy atom. The molecule has 2 aromatic heterocycles. The largest absolute Gasteiger partial charge is 0.383 e. The minimum atomic E-state index is -0.952. The number of pyridine rings is 1. The Bertz CT molecular complexity index is 1550. The average Bonchev–Trinajstić information content (AvgIpc) is 3.32. The second kappa shape index (κ2) is 10.6. The summed E-state index contributed by atoms with van der Waals surface area (Å²) in [6.07, 6.45) is 3.32. The van der Waals surface area contributed by atoms with Gasteiger partial charge < -0.3 is 20.5 Å². The number of nitrogens with one attached hydrogen (secondary N) is 2. The van der Waals surface area contributed by atoms with Crippen molar-refractivity contribution in [3.05, 3.63) is 75.7 Å². The number of benzene rings is 2. The van der Waals surface area contributed by atoms with E-state index in [1.54, 1.807) is 16.9 Å². The molecule has 202 valence electrons. The Labute approximate surface area is 236 Å². The van der Waals surface area contributed by atoms with Gasteiger partial charge in [-0.25, -0.2) is 4.68 Å². The topological polar surface area (TPSA) is 121 Å². The zero-order chi connectivity index (χ0) is 27.8. The summed E-state index contributed by atoms with van der Waals surface area (Å²) in [5.41, 5.74) is 2.83. The Morgan fingerprint density at radius 1 is 1.21 bits per heavy atom. The molecule has 1 atom stereocenters. The van der Waals surface area contributed by atoms with Crippen molar-refractivity contribution in [3.63, 3.8) is 0 Å². The molecule has 9 nitrogen and oxygen atoms in total. The van der Waals surface area contributed by atoms with E-state index in [1.165, 1.54) is 6.20 Å². The molecule has 3 N–H and O–H groups in total. The third-order valence-electron chi connectivity index (χ3n) is 6.42. The van der Waals surface area contributed by atoms with Crippen LogP contribution in [0.5, 0.6) is 0 Å². The molecule has 0 saturated carbocycles. The van der Waals surface area contributed by atoms with Crippen molar-refractivity contribution in [2.24, 2.45) is 5.41 Å². The lowest BCUT2D eigenvalue weighted by Crippen LogP contribution is -2.52. The molecule has 1 aliphatic rings. The number of hydrogen-bond acceptors (Lipinski definition) is 8. The van der Waals surface area contributed by atoms with E-state index in [-0.39, 0.29) is 25.2 Å². The quantitative estimate of drug-likeness (QED) is 0.258. The van der Waals surface area contributed by atoms with Gasteiger partial charge in [0.25, 0.3) is 0 Å². The van der Waals surface area contributed by atoms with Crippen LogP contribution in [0.4, 0.5) is 11.4 Å². The summed E-state index contributed by atoms with van der Waals surface area (Å²) in [7, 11) is 0. The fourth-order valence-corrected chi connectivity index (χ4v) is 4.93. The van der Waals surface area contributed by atoms with Gasteiger partial charge in [0, 0.05) is 28.8 Å². The van der Waals surface area contributed by atoms with Crippen LogP contribution in [0.25, 0.3) is 10.9 Å². The standard InChI is InChI=1S/C28H29Cl2N7O2/c1-27(2,3)13-33-24-17(10-31)11-32-25-20(24)8-18(9-22(25)30)34-26(19-6-4-5-7-21(19)29)23-12-37(36-35-23)14-28(38)15-39-16-28/h4-9,11-12,26,34,38H,13-16H2,1-3H3,(H,32,33). The molecule has 1 unspecified atom stereocenters. The van der Waals surface area contributed by atoms with E-state index in [4.69, 9.17) is 27.9 Å². The molecule has 0 spiro atoms. The summed E-state index contributed by atoms with van der Waals surface area (Å²) in [5, 5.41) is 37.6. The third-order valence-corrected chi connectivity index (χ3v) is 7.05. The summed E-state index contributed by atoms with van der Waals surface area (Å²) >= 11 is 13.3. The molecule has 4 aromatic rings. The zero-order valence-electron chi connectivity index (χ0n) is 21.9. The lowest BCUT2D eigenvalue weighted by molar-refractivity contribution is -0.186. The summed E-state index contributed by atoms with van der Waals surface area (Å²) in [4.78, 5) is 4.46. The highest BCUT2D eigenvalue weighted by molar-refractivity contribution is 6.36. The molecule has 5 rings (SSSR count). The molecule has 0 amide bonds. The molecule has 0 aliphatic carbocycles. The molecule has 0 radical (unpaired) electrons. The van der Waals surface area contributed by atoms with Crippen LogP contribution in [-0.2, 0) is 11.3 Å². The van der Waals surface area contributed by atoms with Crippen LogP contribution in [0.1, 0.15) is 43.6 Å². The maximum absolute atomic E-state index is 10.5. The number of halogens is 2. The summed E-state index contributed by atoms with van der Waals surface area (Å²) in [6, 6.07) is 13.0. The van der Waals surface area contributed by atoms with E-state index in [0.717, 1.165) is 10.9 Å². The maximum Gasteiger partial charge on any atom is 0.131 e. The Kier molecular flexibility index (Phi) is 7.40. The molecule has 11 heteroatoms. The van der Waals surface area contributed by atoms with Crippen molar-refractivity contribution < 1.29 is 9.84 Å². The Hall–Kier alpha value is -3.42. The summed E-state index contributed by atoms with van der Waals surface area (Å²) < 4.78 is 6.76. The van der Waals surface area contributed by atoms with Crippen LogP contribution in [0.2, 0.25) is 10.0 Å². The third kappa shape index (κ3) is 5.94. The van der Waals surface area contributed by atoms with Gasteiger partial charge in [-0.3, -0.25) is 4.98 Å². The first-order valence-electron chi connectivity index (χ1n) is 12.5. The molecular weight excluding hydrogens is 537 g/mol. The number of aromatic nitrogens is 4. The van der Waals surface area contributed by atoms with Crippen molar-refractivity contribution in [2.75, 3.05) is 30.4 Å². The van der Waals surface area contributed by atoms with E-state index in [2.05, 4.69) is 52.8 Å². The van der Waals surface area contributed by atoms with Crippen molar-refractivity contribution in [1.82, 2.24) is 20.0 Å². The van der Waals surface area contributed by atoms with Crippen LogP contribution in [-0.4, -0.2) is 50.4 Å². The molecule has 2 aromatic carbocycles. The highest BCUT2D eigenvalue weighted by Crippen LogP contribution is 2.37. The number of hydrogen-bond donors (Lipinski definition) is 3. The van der Waals surface area contributed by atoms with E-state index in [0.29, 0.717) is 44.7 Å². The van der Waals surface area contributed by atoms with Gasteiger partial charge in [-0.05, 0) is 29.2 Å². The van der Waals surface area contributed by atoms with Crippen molar-refractivity contribution >= 4 is 45.5 Å². The molecular formula is C28H29Cl2N7O2. The van der Waals surface area contributed by atoms with E-state index in [1.807, 2.05) is 30.3 Å². The van der Waals surface area contributed by atoms with Crippen molar-refractivity contribution in [2.45, 2.75) is 39.0 Å². The highest BCUT2D eigenvalue weighted by atomic mass is 35.5. The molecule has 39 heavy (non-hydrogen) atoms. The van der Waals surface area contributed by atoms with Gasteiger partial charge in [0.1, 0.15) is 17.4 Å². The second-order valence-corrected chi connectivity index (χ2v) is 11.9. The number of nitriles is 1. The summed E-state index contributed by atoms with van der Waals surface area (Å²) in [5.74, 6) is 0. The Balaban J connectivity index is 1.55. The number of ether oxygens (including phenoxy) is 1. The van der Waals surface area contributed by atoms with E-state index < -0.39 is 11.6 Å². The van der Waals surface area contributed by atoms with Crippen molar-refractivity contribution in [3.8, 4) is 6.07 Å². The van der Waals surface area contributed by atoms with Gasteiger partial charge in [0.2, 0.25) is 0 Å². The average molecular weight is 566 g/mol. The van der Waals surface area contributed by atoms with Gasteiger partial charge in [-0.1, -0.05) is 67.4 Å². The zero-order valence-corrected chi connectivity index (χ0v) is 23.4. The minimum Gasteiger partial charge on any atom is -0.383 e. The lowest BCUT2D eigenvalue weighted by Gasteiger charge is -2.35. The van der Waals surface area contributed by atoms with Crippen LogP contribution in [0.3, 0.4) is 0 Å². The van der Waals surface area contributed by atoms with Crippen LogP contribution in [0, 0.1) is 16.7 Å². The number of nitrogens with zero attached hydrogens (tertiary/aromatic N) is 5. The first-order valence-corrected chi connectivity index (χ1v) is 13.3. The normalized spacial score (nSPS) is 15.4. The van der Waals surface area contributed by atoms with Gasteiger partial charge in [-0.2, -0.15) is 5.26 Å². The van der Waals surface area contributed by atoms with E-state index >= 15 is 0 Å². The predicted molar refractivity (Wildman–Crippen MR) is 152 cm³/mol. The van der Waals surface area contributed by atoms with Gasteiger partial charge in [0.15, 0.2) is 0 Å². The number of aliphatic hydroxyl groups is 1. The fraction of sp³-hybridized carbons (Fsp3) is 0.357. The maximum atomic E-state index is 10.5. The second-order valence-electron chi connectivity index (χ2n) is 11.1. The predicted octanol–water partition coefficient (Wildman–Crippen LogP) is 5.43. The summed E-state index contributed by atoms with van der Waals surface area (Å²) in [6.45, 7) is 7.79. The van der Waals surface area contributed by atoms with Gasteiger partial charge in [-0.15, -0.1) is 5.10 Å². The molecule has 1 fully saturated rings. The molecule has 1 saturated heterocycles. The lowest BCUT2D eigenvalue weighted by atomic mass is 9.96. The minimum absolute atomic E-state index is 0.0122. The van der Waals surface area contributed by atoms with Gasteiger partial charge in [0.05, 0.1) is 53.8 Å². The fourth-order valence-electron chi connectivity index (χ4n) is 4.41. The number of fused-ring (bicyclic) bond motifs is 1. The number of rotatable bonds is 8. The SMILES string of the molecule is CC(C)(C)CNc1c(C#N)cnc2c(Cl)cc(NC(c3cn(CC4(O)COC4)nn3)c3ccccc3Cl)cc12. The van der Waals surface area contributed by atoms with Crippen LogP contribution >= 0.6 is 23.2 Å². The van der Waals surface area contributed by atoms with Gasteiger partial charge >= 0.3 is 0 Å². The monoisotopic (exact) mass is 565 g/mol. The smallest absolute Gasteiger partial charge is 0.131 e. The van der Waals surface area contributed by atoms with E-state index in [9.17, 15) is 10.4 Å². The molecule has 1 aliphatic heterocycles. The first kappa shape index (κ1) is 27.2. The Morgan fingerprint density at radius 2 is 1.97 bits per heavy atom. The highest BCUT2D eigenvalue weighted by Gasteiger charge is 2.37. The van der Waals surface area contributed by atoms with Crippen LogP contribution in [0.15, 0.2) is 48.8 Å². The first-order chi connectivity index (χ1) is 18.5. The molecule has 0 bridgehead atoms. The molecule has 3 heterocycles. The number of anilines is 2. The van der Waals surface area contributed by atoms with Crippen molar-refractivity contribution in [1.29, 1.82) is 5.26 Å². The van der Waals surface area contributed by atoms with Crippen LogP contribution < -0.4 is 10.6 Å².